The highest BCUT2D eigenvalue weighted by atomic mass is 19.4. The van der Waals surface area contributed by atoms with E-state index in [9.17, 15) is 13.2 Å². The van der Waals surface area contributed by atoms with E-state index in [0.29, 0.717) is 5.69 Å². The molecule has 0 spiro atoms. The number of anilines is 1. The van der Waals surface area contributed by atoms with Crippen LogP contribution in [0.25, 0.3) is 0 Å². The summed E-state index contributed by atoms with van der Waals surface area (Å²) in [6.45, 7) is 2.06. The lowest BCUT2D eigenvalue weighted by molar-refractivity contribution is -0.137. The Hall–Kier alpha value is -1.70. The molecule has 0 bridgehead atoms. The van der Waals surface area contributed by atoms with Crippen LogP contribution in [0.3, 0.4) is 0 Å². The van der Waals surface area contributed by atoms with Crippen molar-refractivity contribution >= 4 is 5.69 Å². The van der Waals surface area contributed by atoms with Crippen LogP contribution in [0.2, 0.25) is 0 Å². The van der Waals surface area contributed by atoms with Crippen molar-refractivity contribution in [3.8, 4) is 6.07 Å². The van der Waals surface area contributed by atoms with Crippen molar-refractivity contribution in [2.45, 2.75) is 44.3 Å². The molecule has 1 N–H and O–H groups in total. The van der Waals surface area contributed by atoms with Gasteiger partial charge in [-0.15, -0.1) is 0 Å². The number of rotatable bonds is 3. The molecule has 1 fully saturated rings. The normalized spacial score (nSPS) is 17.4. The molecule has 0 saturated heterocycles. The van der Waals surface area contributed by atoms with E-state index < -0.39 is 11.7 Å². The molecular weight excluding hydrogens is 253 g/mol. The summed E-state index contributed by atoms with van der Waals surface area (Å²) in [5, 5.41) is 12.1. The van der Waals surface area contributed by atoms with Gasteiger partial charge in [-0.1, -0.05) is 6.92 Å². The summed E-state index contributed by atoms with van der Waals surface area (Å²) in [5.74, 6) is 0. The zero-order chi connectivity index (χ0) is 14.1. The minimum atomic E-state index is -4.48. The summed E-state index contributed by atoms with van der Waals surface area (Å²) < 4.78 is 38.0. The second-order valence-corrected chi connectivity index (χ2v) is 4.98. The van der Waals surface area contributed by atoms with Gasteiger partial charge in [0.15, 0.2) is 0 Å². The first-order valence-corrected chi connectivity index (χ1v) is 6.30. The molecule has 0 amide bonds. The van der Waals surface area contributed by atoms with Crippen molar-refractivity contribution in [3.05, 3.63) is 29.3 Å². The number of nitrogens with zero attached hydrogens (tertiary/aromatic N) is 1. The van der Waals surface area contributed by atoms with Gasteiger partial charge in [-0.05, 0) is 43.9 Å². The fourth-order valence-corrected chi connectivity index (χ4v) is 2.44. The van der Waals surface area contributed by atoms with E-state index >= 15 is 0 Å². The zero-order valence-electron chi connectivity index (χ0n) is 10.6. The van der Waals surface area contributed by atoms with Crippen molar-refractivity contribution in [2.24, 2.45) is 0 Å². The Morgan fingerprint density at radius 2 is 2.05 bits per heavy atom. The van der Waals surface area contributed by atoms with Gasteiger partial charge in [-0.25, -0.2) is 0 Å². The second kappa shape index (κ2) is 4.76. The lowest BCUT2D eigenvalue weighted by Gasteiger charge is -2.43. The molecule has 1 aliphatic carbocycles. The van der Waals surface area contributed by atoms with E-state index in [1.54, 1.807) is 6.07 Å². The van der Waals surface area contributed by atoms with Crippen LogP contribution in [0.15, 0.2) is 18.2 Å². The molecule has 0 heterocycles. The van der Waals surface area contributed by atoms with E-state index in [4.69, 9.17) is 5.26 Å². The molecule has 0 aliphatic heterocycles. The predicted molar refractivity (Wildman–Crippen MR) is 66.7 cm³/mol. The molecule has 5 heteroatoms. The van der Waals surface area contributed by atoms with Crippen LogP contribution in [0.5, 0.6) is 0 Å². The number of hydrogen-bond donors (Lipinski definition) is 1. The smallest absolute Gasteiger partial charge is 0.380 e. The van der Waals surface area contributed by atoms with E-state index in [1.165, 1.54) is 12.1 Å². The highest BCUT2D eigenvalue weighted by molar-refractivity contribution is 5.55. The van der Waals surface area contributed by atoms with Crippen LogP contribution in [0, 0.1) is 11.3 Å². The van der Waals surface area contributed by atoms with Gasteiger partial charge in [0, 0.05) is 11.2 Å². The predicted octanol–water partition coefficient (Wildman–Crippen LogP) is 4.32. The number of nitrogens with one attached hydrogen (secondary N) is 1. The van der Waals surface area contributed by atoms with Gasteiger partial charge >= 0.3 is 6.18 Å². The van der Waals surface area contributed by atoms with Crippen molar-refractivity contribution < 1.29 is 13.2 Å². The SMILES string of the molecule is CCC1(Nc2ccc(C(F)(F)F)c(C#N)c2)CCC1. The summed E-state index contributed by atoms with van der Waals surface area (Å²) in [6, 6.07) is 5.29. The Morgan fingerprint density at radius 1 is 1.37 bits per heavy atom. The molecule has 19 heavy (non-hydrogen) atoms. The van der Waals surface area contributed by atoms with E-state index in [1.807, 2.05) is 0 Å². The molecule has 2 rings (SSSR count). The molecule has 0 aromatic heterocycles. The summed E-state index contributed by atoms with van der Waals surface area (Å²) in [4.78, 5) is 0. The van der Waals surface area contributed by atoms with E-state index in [-0.39, 0.29) is 11.1 Å². The van der Waals surface area contributed by atoms with Gasteiger partial charge in [-0.3, -0.25) is 0 Å². The molecular formula is C14H15F3N2. The minimum absolute atomic E-state index is 0.00747. The molecule has 2 nitrogen and oxygen atoms in total. The van der Waals surface area contributed by atoms with Gasteiger partial charge in [0.1, 0.15) is 0 Å². The summed E-state index contributed by atoms with van der Waals surface area (Å²) in [5.41, 5.74) is -0.624. The molecule has 1 aliphatic rings. The average molecular weight is 268 g/mol. The van der Waals surface area contributed by atoms with Crippen LogP contribution < -0.4 is 5.32 Å². The zero-order valence-corrected chi connectivity index (χ0v) is 10.6. The van der Waals surface area contributed by atoms with Crippen molar-refractivity contribution in [1.82, 2.24) is 0 Å². The maximum Gasteiger partial charge on any atom is 0.417 e. The third kappa shape index (κ3) is 2.67. The highest BCUT2D eigenvalue weighted by Gasteiger charge is 2.36. The Morgan fingerprint density at radius 3 is 2.47 bits per heavy atom. The van der Waals surface area contributed by atoms with Crippen molar-refractivity contribution in [2.75, 3.05) is 5.32 Å². The standard InChI is InChI=1S/C14H15F3N2/c1-2-13(6-3-7-13)19-11-4-5-12(14(15,16)17)10(8-11)9-18/h4-5,8,19H,2-3,6-7H2,1H3. The maximum absolute atomic E-state index is 12.7. The molecule has 1 aromatic rings. The van der Waals surface area contributed by atoms with Gasteiger partial charge in [-0.2, -0.15) is 18.4 Å². The number of halogens is 3. The van der Waals surface area contributed by atoms with Crippen LogP contribution in [-0.4, -0.2) is 5.54 Å². The Labute approximate surface area is 110 Å². The van der Waals surface area contributed by atoms with Crippen LogP contribution >= 0.6 is 0 Å². The molecule has 1 saturated carbocycles. The Balaban J connectivity index is 2.28. The molecule has 1 aromatic carbocycles. The van der Waals surface area contributed by atoms with Crippen LogP contribution in [0.1, 0.15) is 43.7 Å². The Bertz CT molecular complexity index is 505. The van der Waals surface area contributed by atoms with E-state index in [2.05, 4.69) is 12.2 Å². The first-order valence-electron chi connectivity index (χ1n) is 6.30. The lowest BCUT2D eigenvalue weighted by atomic mass is 9.74. The third-order valence-electron chi connectivity index (χ3n) is 3.84. The summed E-state index contributed by atoms with van der Waals surface area (Å²) in [6.07, 6.45) is -0.385. The Kier molecular flexibility index (Phi) is 3.44. The van der Waals surface area contributed by atoms with Crippen LogP contribution in [0.4, 0.5) is 18.9 Å². The molecule has 0 radical (unpaired) electrons. The lowest BCUT2D eigenvalue weighted by Crippen LogP contribution is -2.44. The largest absolute Gasteiger partial charge is 0.417 e. The van der Waals surface area contributed by atoms with Gasteiger partial charge in [0.25, 0.3) is 0 Å². The van der Waals surface area contributed by atoms with Crippen LogP contribution in [-0.2, 0) is 6.18 Å². The first-order chi connectivity index (χ1) is 8.90. The number of nitriles is 1. The fraction of sp³-hybridized carbons (Fsp3) is 0.500. The summed E-state index contributed by atoms with van der Waals surface area (Å²) in [7, 11) is 0. The number of hydrogen-bond acceptors (Lipinski definition) is 2. The quantitative estimate of drug-likeness (QED) is 0.886. The van der Waals surface area contributed by atoms with Crippen molar-refractivity contribution in [1.29, 1.82) is 5.26 Å². The average Bonchev–Trinajstić information content (AvgIpc) is 2.32. The summed E-state index contributed by atoms with van der Waals surface area (Å²) >= 11 is 0. The fourth-order valence-electron chi connectivity index (χ4n) is 2.44. The van der Waals surface area contributed by atoms with Crippen molar-refractivity contribution in [3.63, 3.8) is 0 Å². The molecule has 0 unspecified atom stereocenters. The number of alkyl halides is 3. The topological polar surface area (TPSA) is 35.8 Å². The first kappa shape index (κ1) is 13.7. The van der Waals surface area contributed by atoms with Gasteiger partial charge in [0.2, 0.25) is 0 Å². The number of benzene rings is 1. The second-order valence-electron chi connectivity index (χ2n) is 4.98. The highest BCUT2D eigenvalue weighted by Crippen LogP contribution is 2.39. The monoisotopic (exact) mass is 268 g/mol. The maximum atomic E-state index is 12.7. The van der Waals surface area contributed by atoms with Gasteiger partial charge in [0.05, 0.1) is 17.2 Å². The molecule has 102 valence electrons. The minimum Gasteiger partial charge on any atom is -0.380 e. The third-order valence-corrected chi connectivity index (χ3v) is 3.84. The van der Waals surface area contributed by atoms with E-state index in [0.717, 1.165) is 31.7 Å². The molecule has 0 atom stereocenters. The van der Waals surface area contributed by atoms with Gasteiger partial charge < -0.3 is 5.32 Å².